The van der Waals surface area contributed by atoms with Gasteiger partial charge in [-0.1, -0.05) is 45.8 Å². The van der Waals surface area contributed by atoms with Gasteiger partial charge in [0, 0.05) is 0 Å². The molecule has 0 N–H and O–H groups in total. The Kier molecular flexibility index (Phi) is 3.55. The molecule has 2 heterocycles. The van der Waals surface area contributed by atoms with Crippen molar-refractivity contribution in [3.05, 3.63) is 42.0 Å². The molecule has 0 unspecified atom stereocenters. The molecule has 25 heavy (non-hydrogen) atoms. The van der Waals surface area contributed by atoms with Gasteiger partial charge in [-0.25, -0.2) is 12.7 Å². The lowest BCUT2D eigenvalue weighted by molar-refractivity contribution is -0.203. The Morgan fingerprint density at radius 3 is 2.44 bits per heavy atom. The fourth-order valence-electron chi connectivity index (χ4n) is 3.73. The highest BCUT2D eigenvalue weighted by atomic mass is 79.9. The highest BCUT2D eigenvalue weighted by Crippen LogP contribution is 2.54. The monoisotopic (exact) mass is 427 g/mol. The van der Waals surface area contributed by atoms with E-state index in [0.29, 0.717) is 0 Å². The normalized spacial score (nSPS) is 35.9. The first-order valence-corrected chi connectivity index (χ1v) is 10.3. The van der Waals surface area contributed by atoms with Crippen LogP contribution in [0.2, 0.25) is 0 Å². The van der Waals surface area contributed by atoms with Crippen molar-refractivity contribution >= 4 is 31.9 Å². The number of β-lactam (4-membered cyclic amide) rings is 1. The summed E-state index contributed by atoms with van der Waals surface area (Å²) in [5.74, 6) is -1.54. The van der Waals surface area contributed by atoms with Crippen LogP contribution in [0.1, 0.15) is 19.4 Å². The molecule has 1 aliphatic carbocycles. The lowest BCUT2D eigenvalue weighted by Gasteiger charge is -2.54. The van der Waals surface area contributed by atoms with E-state index in [0.717, 1.165) is 9.87 Å². The predicted octanol–water partition coefficient (Wildman–Crippen LogP) is 2.12. The van der Waals surface area contributed by atoms with Crippen LogP contribution < -0.4 is 0 Å². The van der Waals surface area contributed by atoms with E-state index in [-0.39, 0.29) is 9.72 Å². The molecule has 2 fully saturated rings. The molecule has 2 saturated heterocycles. The number of aryl methyl sites for hydroxylation is 1. The minimum atomic E-state index is -3.96. The van der Waals surface area contributed by atoms with Crippen LogP contribution in [0.5, 0.6) is 0 Å². The van der Waals surface area contributed by atoms with Gasteiger partial charge in [-0.3, -0.25) is 4.79 Å². The predicted molar refractivity (Wildman–Crippen MR) is 93.6 cm³/mol. The summed E-state index contributed by atoms with van der Waals surface area (Å²) in [7, 11) is -3.96. The summed E-state index contributed by atoms with van der Waals surface area (Å²) in [6.45, 7) is 5.32. The molecule has 1 aromatic carbocycles. The van der Waals surface area contributed by atoms with E-state index in [4.69, 9.17) is 9.47 Å². The summed E-state index contributed by atoms with van der Waals surface area (Å²) in [5.41, 5.74) is -0.358. The first kappa shape index (κ1) is 17.2. The standard InChI is InChI=1S/C17H18BrNO5S/c1-10-4-6-11(7-5-10)25(21,22)19-13-9-8-12(18)14-17(13,15(19)20)24-16(2,3)23-14/h4-9,12-14H,1-3H3/t12-,13+,14+,17-/m0/s1. The second-order valence-electron chi connectivity index (χ2n) is 7.03. The highest BCUT2D eigenvalue weighted by Gasteiger charge is 2.76. The Bertz CT molecular complexity index is 879. The van der Waals surface area contributed by atoms with Crippen molar-refractivity contribution in [2.75, 3.05) is 0 Å². The Morgan fingerprint density at radius 1 is 1.16 bits per heavy atom. The third kappa shape index (κ3) is 2.21. The minimum Gasteiger partial charge on any atom is -0.342 e. The van der Waals surface area contributed by atoms with Crippen LogP contribution in [0.25, 0.3) is 0 Å². The van der Waals surface area contributed by atoms with Crippen molar-refractivity contribution in [1.29, 1.82) is 0 Å². The first-order valence-electron chi connectivity index (χ1n) is 7.95. The van der Waals surface area contributed by atoms with Gasteiger partial charge in [-0.15, -0.1) is 0 Å². The van der Waals surface area contributed by atoms with Crippen LogP contribution in [0, 0.1) is 6.92 Å². The zero-order valence-electron chi connectivity index (χ0n) is 14.0. The number of alkyl halides is 1. The minimum absolute atomic E-state index is 0.0883. The van der Waals surface area contributed by atoms with Crippen LogP contribution in [0.15, 0.2) is 41.3 Å². The largest absolute Gasteiger partial charge is 0.342 e. The quantitative estimate of drug-likeness (QED) is 0.410. The summed E-state index contributed by atoms with van der Waals surface area (Å²) in [6, 6.07) is 5.72. The topological polar surface area (TPSA) is 72.9 Å². The van der Waals surface area contributed by atoms with Gasteiger partial charge in [-0.05, 0) is 32.9 Å². The molecule has 4 rings (SSSR count). The maximum Gasteiger partial charge on any atom is 0.274 e. The molecule has 3 aliphatic rings. The van der Waals surface area contributed by atoms with Crippen molar-refractivity contribution < 1.29 is 22.7 Å². The Labute approximate surface area is 155 Å². The maximum atomic E-state index is 13.0. The van der Waals surface area contributed by atoms with E-state index in [9.17, 15) is 13.2 Å². The third-order valence-electron chi connectivity index (χ3n) is 4.82. The molecule has 1 spiro atoms. The molecule has 0 bridgehead atoms. The molecular weight excluding hydrogens is 410 g/mol. The Morgan fingerprint density at radius 2 is 1.80 bits per heavy atom. The molecule has 1 aromatic rings. The first-order chi connectivity index (χ1) is 11.6. The lowest BCUT2D eigenvalue weighted by atomic mass is 9.75. The van der Waals surface area contributed by atoms with Crippen molar-refractivity contribution in [3.63, 3.8) is 0 Å². The van der Waals surface area contributed by atoms with Crippen LogP contribution in [-0.4, -0.2) is 47.0 Å². The average molecular weight is 428 g/mol. The summed E-state index contributed by atoms with van der Waals surface area (Å²) >= 11 is 3.48. The second kappa shape index (κ2) is 5.16. The summed E-state index contributed by atoms with van der Waals surface area (Å²) in [4.78, 5) is 12.9. The van der Waals surface area contributed by atoms with Crippen LogP contribution in [0.4, 0.5) is 0 Å². The smallest absolute Gasteiger partial charge is 0.274 e. The molecule has 4 atom stereocenters. The SMILES string of the molecule is Cc1ccc(S(=O)(=O)N2C(=O)[C@@]34OC(C)(C)O[C@@H]3[C@@H](Br)C=C[C@@H]24)cc1. The number of rotatable bonds is 2. The lowest BCUT2D eigenvalue weighted by Crippen LogP contribution is -2.80. The van der Waals surface area contributed by atoms with Crippen LogP contribution >= 0.6 is 15.9 Å². The fourth-order valence-corrected chi connectivity index (χ4v) is 6.00. The van der Waals surface area contributed by atoms with E-state index >= 15 is 0 Å². The molecule has 1 amide bonds. The van der Waals surface area contributed by atoms with Crippen molar-refractivity contribution in [2.24, 2.45) is 0 Å². The molecule has 0 radical (unpaired) electrons. The van der Waals surface area contributed by atoms with E-state index in [2.05, 4.69) is 15.9 Å². The van der Waals surface area contributed by atoms with Gasteiger partial charge in [0.1, 0.15) is 12.1 Å². The van der Waals surface area contributed by atoms with E-state index in [1.165, 1.54) is 12.1 Å². The maximum absolute atomic E-state index is 13.0. The van der Waals surface area contributed by atoms with Crippen molar-refractivity contribution in [3.8, 4) is 0 Å². The number of hydrogen-bond donors (Lipinski definition) is 0. The molecule has 0 aromatic heterocycles. The zero-order valence-corrected chi connectivity index (χ0v) is 16.4. The number of hydrogen-bond acceptors (Lipinski definition) is 5. The number of halogens is 1. The molecule has 6 nitrogen and oxygen atoms in total. The molecule has 8 heteroatoms. The average Bonchev–Trinajstić information content (AvgIpc) is 2.85. The number of nitrogens with zero attached hydrogens (tertiary/aromatic N) is 1. The van der Waals surface area contributed by atoms with Gasteiger partial charge in [0.25, 0.3) is 15.9 Å². The molecule has 2 aliphatic heterocycles. The van der Waals surface area contributed by atoms with E-state index < -0.39 is 39.5 Å². The number of sulfonamides is 1. The molecule has 134 valence electrons. The fraction of sp³-hybridized carbons (Fsp3) is 0.471. The number of carbonyl (C=O) groups excluding carboxylic acids is 1. The van der Waals surface area contributed by atoms with Gasteiger partial charge >= 0.3 is 0 Å². The number of carbonyl (C=O) groups is 1. The van der Waals surface area contributed by atoms with Gasteiger partial charge < -0.3 is 9.47 Å². The Balaban J connectivity index is 1.77. The number of ether oxygens (including phenoxy) is 2. The van der Waals surface area contributed by atoms with E-state index in [1.54, 1.807) is 32.1 Å². The van der Waals surface area contributed by atoms with Crippen molar-refractivity contribution in [1.82, 2.24) is 4.31 Å². The van der Waals surface area contributed by atoms with Gasteiger partial charge in [0.15, 0.2) is 5.79 Å². The van der Waals surface area contributed by atoms with Crippen LogP contribution in [-0.2, 0) is 24.3 Å². The van der Waals surface area contributed by atoms with Gasteiger partial charge in [-0.2, -0.15) is 0 Å². The van der Waals surface area contributed by atoms with Crippen molar-refractivity contribution in [2.45, 2.75) is 54.0 Å². The van der Waals surface area contributed by atoms with Gasteiger partial charge in [0.05, 0.1) is 9.72 Å². The number of benzene rings is 1. The third-order valence-corrected chi connectivity index (χ3v) is 7.38. The molecule has 0 saturated carbocycles. The Hall–Kier alpha value is -1.22. The summed E-state index contributed by atoms with van der Waals surface area (Å²) in [5, 5.41) is 0. The summed E-state index contributed by atoms with van der Waals surface area (Å²) < 4.78 is 38.7. The van der Waals surface area contributed by atoms with E-state index in [1.807, 2.05) is 13.0 Å². The highest BCUT2D eigenvalue weighted by molar-refractivity contribution is 9.09. The van der Waals surface area contributed by atoms with Gasteiger partial charge in [0.2, 0.25) is 5.60 Å². The molecular formula is C17H18BrNO5S. The number of amides is 1. The van der Waals surface area contributed by atoms with Crippen LogP contribution in [0.3, 0.4) is 0 Å². The zero-order chi connectivity index (χ0) is 18.2. The summed E-state index contributed by atoms with van der Waals surface area (Å²) in [6.07, 6.45) is 2.94. The second-order valence-corrected chi connectivity index (χ2v) is 9.90.